The van der Waals surface area contributed by atoms with E-state index in [1.54, 1.807) is 0 Å². The lowest BCUT2D eigenvalue weighted by Gasteiger charge is -2.08. The molecule has 0 saturated carbocycles. The van der Waals surface area contributed by atoms with Crippen molar-refractivity contribution in [1.82, 2.24) is 10.3 Å². The summed E-state index contributed by atoms with van der Waals surface area (Å²) in [6, 6.07) is 4.62. The van der Waals surface area contributed by atoms with Gasteiger partial charge in [-0.1, -0.05) is 17.7 Å². The molecule has 1 aromatic rings. The van der Waals surface area contributed by atoms with Gasteiger partial charge in [0.1, 0.15) is 5.15 Å². The molecule has 16 heavy (non-hydrogen) atoms. The van der Waals surface area contributed by atoms with Gasteiger partial charge in [0.2, 0.25) is 0 Å². The Morgan fingerprint density at radius 1 is 1.50 bits per heavy atom. The molecule has 1 atom stereocenters. The minimum atomic E-state index is 0. The molecule has 0 amide bonds. The molecule has 1 aromatic heterocycles. The van der Waals surface area contributed by atoms with Crippen molar-refractivity contribution in [2.24, 2.45) is 0 Å². The van der Waals surface area contributed by atoms with Gasteiger partial charge in [-0.2, -0.15) is 11.8 Å². The van der Waals surface area contributed by atoms with Crippen molar-refractivity contribution < 1.29 is 0 Å². The molecule has 0 aromatic carbocycles. The van der Waals surface area contributed by atoms with Crippen molar-refractivity contribution in [1.29, 1.82) is 0 Å². The second-order valence-electron chi connectivity index (χ2n) is 3.80. The van der Waals surface area contributed by atoms with Crippen LogP contribution in [0.1, 0.15) is 18.4 Å². The van der Waals surface area contributed by atoms with Crippen LogP contribution in [0.2, 0.25) is 5.15 Å². The predicted octanol–water partition coefficient (Wildman–Crippen LogP) is 3.14. The quantitative estimate of drug-likeness (QED) is 0.857. The average Bonchev–Trinajstić information content (AvgIpc) is 2.74. The summed E-state index contributed by atoms with van der Waals surface area (Å²) in [4.78, 5) is 4.07. The fraction of sp³-hybridized carbons (Fsp3) is 0.545. The number of pyridine rings is 1. The molecule has 90 valence electrons. The maximum atomic E-state index is 5.72. The molecule has 2 rings (SSSR count). The Bertz CT molecular complexity index is 299. The van der Waals surface area contributed by atoms with Crippen LogP contribution in [0, 0.1) is 0 Å². The van der Waals surface area contributed by atoms with E-state index in [0.29, 0.717) is 5.15 Å². The SMILES string of the molecule is Cl.Clc1ccc(CSCC2CCCN2)cn1. The van der Waals surface area contributed by atoms with Crippen LogP contribution in [0.5, 0.6) is 0 Å². The standard InChI is InChI=1S/C11H15ClN2S.ClH/c12-11-4-3-9(6-14-11)7-15-8-10-2-1-5-13-10;/h3-4,6,10,13H,1-2,5,7-8H2;1H. The van der Waals surface area contributed by atoms with Gasteiger partial charge >= 0.3 is 0 Å². The number of hydrogen-bond acceptors (Lipinski definition) is 3. The summed E-state index contributed by atoms with van der Waals surface area (Å²) in [7, 11) is 0. The van der Waals surface area contributed by atoms with Crippen LogP contribution in [0.15, 0.2) is 18.3 Å². The molecular formula is C11H16Cl2N2S. The first-order valence-corrected chi connectivity index (χ1v) is 6.79. The van der Waals surface area contributed by atoms with E-state index in [0.717, 1.165) is 11.8 Å². The number of rotatable bonds is 4. The fourth-order valence-electron chi connectivity index (χ4n) is 1.71. The summed E-state index contributed by atoms with van der Waals surface area (Å²) >= 11 is 7.69. The zero-order valence-corrected chi connectivity index (χ0v) is 11.4. The number of hydrogen-bond donors (Lipinski definition) is 1. The van der Waals surface area contributed by atoms with E-state index in [1.807, 2.05) is 30.1 Å². The second kappa shape index (κ2) is 7.38. The van der Waals surface area contributed by atoms with Crippen molar-refractivity contribution in [3.63, 3.8) is 0 Å². The van der Waals surface area contributed by atoms with Gasteiger partial charge in [-0.3, -0.25) is 0 Å². The van der Waals surface area contributed by atoms with Gasteiger partial charge in [-0.05, 0) is 31.0 Å². The monoisotopic (exact) mass is 278 g/mol. The van der Waals surface area contributed by atoms with E-state index >= 15 is 0 Å². The Labute approximate surface area is 112 Å². The molecule has 1 unspecified atom stereocenters. The molecule has 1 fully saturated rings. The maximum absolute atomic E-state index is 5.72. The molecule has 0 spiro atoms. The van der Waals surface area contributed by atoms with E-state index in [2.05, 4.69) is 10.3 Å². The minimum absolute atomic E-state index is 0. The van der Waals surface area contributed by atoms with E-state index in [-0.39, 0.29) is 12.4 Å². The highest BCUT2D eigenvalue weighted by Crippen LogP contribution is 2.17. The lowest BCUT2D eigenvalue weighted by Crippen LogP contribution is -2.23. The summed E-state index contributed by atoms with van der Waals surface area (Å²) < 4.78 is 0. The highest BCUT2D eigenvalue weighted by Gasteiger charge is 2.13. The topological polar surface area (TPSA) is 24.9 Å². The van der Waals surface area contributed by atoms with Crippen molar-refractivity contribution in [3.8, 4) is 0 Å². The molecular weight excluding hydrogens is 263 g/mol. The molecule has 2 nitrogen and oxygen atoms in total. The molecule has 0 aliphatic carbocycles. The molecule has 0 radical (unpaired) electrons. The summed E-state index contributed by atoms with van der Waals surface area (Å²) in [5, 5.41) is 4.06. The highest BCUT2D eigenvalue weighted by molar-refractivity contribution is 7.98. The summed E-state index contributed by atoms with van der Waals surface area (Å²) in [6.07, 6.45) is 4.51. The Hall–Kier alpha value is 0.0400. The smallest absolute Gasteiger partial charge is 0.129 e. The van der Waals surface area contributed by atoms with Crippen molar-refractivity contribution in [2.75, 3.05) is 12.3 Å². The van der Waals surface area contributed by atoms with Crippen molar-refractivity contribution >= 4 is 35.8 Å². The highest BCUT2D eigenvalue weighted by atomic mass is 35.5. The number of aromatic nitrogens is 1. The maximum Gasteiger partial charge on any atom is 0.129 e. The average molecular weight is 279 g/mol. The lowest BCUT2D eigenvalue weighted by atomic mass is 10.3. The largest absolute Gasteiger partial charge is 0.313 e. The van der Waals surface area contributed by atoms with Crippen LogP contribution in [0.4, 0.5) is 0 Å². The van der Waals surface area contributed by atoms with E-state index in [9.17, 15) is 0 Å². The molecule has 0 bridgehead atoms. The number of thioether (sulfide) groups is 1. The summed E-state index contributed by atoms with van der Waals surface area (Å²) in [5.41, 5.74) is 1.25. The van der Waals surface area contributed by atoms with Gasteiger partial charge in [-0.15, -0.1) is 12.4 Å². The molecule has 1 aliphatic rings. The minimum Gasteiger partial charge on any atom is -0.313 e. The first-order valence-electron chi connectivity index (χ1n) is 5.26. The Balaban J connectivity index is 0.00000128. The Morgan fingerprint density at radius 3 is 3.00 bits per heavy atom. The fourth-order valence-corrected chi connectivity index (χ4v) is 2.91. The van der Waals surface area contributed by atoms with Crippen LogP contribution in [-0.2, 0) is 5.75 Å². The van der Waals surface area contributed by atoms with E-state index in [1.165, 1.54) is 30.7 Å². The normalized spacial score (nSPS) is 19.4. The second-order valence-corrected chi connectivity index (χ2v) is 5.22. The predicted molar refractivity (Wildman–Crippen MR) is 73.7 cm³/mol. The third-order valence-corrected chi connectivity index (χ3v) is 3.94. The Morgan fingerprint density at radius 2 is 2.38 bits per heavy atom. The third kappa shape index (κ3) is 4.50. The molecule has 1 aliphatic heterocycles. The molecule has 1 N–H and O–H groups in total. The number of nitrogens with zero attached hydrogens (tertiary/aromatic N) is 1. The van der Waals surface area contributed by atoms with Gasteiger partial charge in [-0.25, -0.2) is 4.98 Å². The number of nitrogens with one attached hydrogen (secondary N) is 1. The van der Waals surface area contributed by atoms with Gasteiger partial charge in [0, 0.05) is 23.7 Å². The lowest BCUT2D eigenvalue weighted by molar-refractivity contribution is 0.674. The summed E-state index contributed by atoms with van der Waals surface area (Å²) in [6.45, 7) is 1.19. The van der Waals surface area contributed by atoms with E-state index < -0.39 is 0 Å². The molecule has 5 heteroatoms. The first-order chi connectivity index (χ1) is 7.34. The van der Waals surface area contributed by atoms with Gasteiger partial charge in [0.15, 0.2) is 0 Å². The van der Waals surface area contributed by atoms with E-state index in [4.69, 9.17) is 11.6 Å². The van der Waals surface area contributed by atoms with Gasteiger partial charge in [0.05, 0.1) is 0 Å². The van der Waals surface area contributed by atoms with Crippen LogP contribution < -0.4 is 5.32 Å². The third-order valence-electron chi connectivity index (χ3n) is 2.54. The first kappa shape index (κ1) is 14.1. The molecule has 1 saturated heterocycles. The van der Waals surface area contributed by atoms with Crippen LogP contribution in [0.3, 0.4) is 0 Å². The summed E-state index contributed by atoms with van der Waals surface area (Å²) in [5.74, 6) is 2.23. The van der Waals surface area contributed by atoms with Gasteiger partial charge < -0.3 is 5.32 Å². The van der Waals surface area contributed by atoms with Crippen LogP contribution in [0.25, 0.3) is 0 Å². The molecule has 2 heterocycles. The van der Waals surface area contributed by atoms with Crippen LogP contribution >= 0.6 is 35.8 Å². The zero-order valence-electron chi connectivity index (χ0n) is 8.99. The Kier molecular flexibility index (Phi) is 6.51. The zero-order chi connectivity index (χ0) is 10.5. The van der Waals surface area contributed by atoms with Gasteiger partial charge in [0.25, 0.3) is 0 Å². The van der Waals surface area contributed by atoms with Crippen molar-refractivity contribution in [3.05, 3.63) is 29.0 Å². The number of halogens is 2. The van der Waals surface area contributed by atoms with Crippen LogP contribution in [-0.4, -0.2) is 23.3 Å². The van der Waals surface area contributed by atoms with Crippen molar-refractivity contribution in [2.45, 2.75) is 24.6 Å².